The third kappa shape index (κ3) is 8.16. The molecule has 2 heterocycles. The van der Waals surface area contributed by atoms with Gasteiger partial charge in [-0.2, -0.15) is 0 Å². The van der Waals surface area contributed by atoms with E-state index in [0.29, 0.717) is 24.2 Å². The number of hydrogen-bond donors (Lipinski definition) is 2. The summed E-state index contributed by atoms with van der Waals surface area (Å²) in [5, 5.41) is 5.84. The number of Topliss-reactive ketones (excluding diaryl/α,β-unsaturated/α-hetero) is 1. The van der Waals surface area contributed by atoms with Gasteiger partial charge in [0.15, 0.2) is 5.78 Å². The molecule has 1 saturated heterocycles. The molecule has 48 heavy (non-hydrogen) atoms. The Balaban J connectivity index is 1.19. The molecule has 3 aromatic carbocycles. The van der Waals surface area contributed by atoms with Gasteiger partial charge >= 0.3 is 0 Å². The van der Waals surface area contributed by atoms with Crippen LogP contribution in [-0.4, -0.2) is 70.9 Å². The molecular formula is C38H42F2N4O4. The number of hydrogen-bond acceptors (Lipinski definition) is 5. The summed E-state index contributed by atoms with van der Waals surface area (Å²) >= 11 is 0. The van der Waals surface area contributed by atoms with Gasteiger partial charge in [-0.25, -0.2) is 8.78 Å². The number of likely N-dealkylation sites (tertiary alicyclic amines) is 1. The van der Waals surface area contributed by atoms with Crippen molar-refractivity contribution in [1.82, 2.24) is 15.1 Å². The number of anilines is 1. The molecule has 8 nitrogen and oxygen atoms in total. The normalized spacial score (nSPS) is 19.1. The van der Waals surface area contributed by atoms with Crippen LogP contribution >= 0.6 is 0 Å². The lowest BCUT2D eigenvalue weighted by Crippen LogP contribution is -2.56. The van der Waals surface area contributed by atoms with Gasteiger partial charge in [-0.15, -0.1) is 0 Å². The largest absolute Gasteiger partial charge is 0.342 e. The molecule has 0 spiro atoms. The molecule has 1 fully saturated rings. The lowest BCUT2D eigenvalue weighted by molar-refractivity contribution is -0.142. The average Bonchev–Trinajstić information content (AvgIpc) is 3.56. The molecule has 1 aliphatic carbocycles. The molecule has 2 N–H and O–H groups in total. The second kappa shape index (κ2) is 14.8. The summed E-state index contributed by atoms with van der Waals surface area (Å²) in [4.78, 5) is 57.4. The van der Waals surface area contributed by atoms with Gasteiger partial charge in [0.2, 0.25) is 17.7 Å². The zero-order chi connectivity index (χ0) is 33.7. The number of benzene rings is 3. The Kier molecular flexibility index (Phi) is 10.3. The number of nitrogens with zero attached hydrogens (tertiary/aromatic N) is 2. The fourth-order valence-corrected chi connectivity index (χ4v) is 7.12. The van der Waals surface area contributed by atoms with Crippen molar-refractivity contribution in [2.24, 2.45) is 0 Å². The minimum Gasteiger partial charge on any atom is -0.342 e. The van der Waals surface area contributed by atoms with Gasteiger partial charge in [-0.05, 0) is 73.0 Å². The molecule has 252 valence electrons. The van der Waals surface area contributed by atoms with Crippen molar-refractivity contribution in [3.05, 3.63) is 101 Å². The van der Waals surface area contributed by atoms with Crippen LogP contribution in [0.25, 0.3) is 0 Å². The van der Waals surface area contributed by atoms with Gasteiger partial charge in [-0.3, -0.25) is 24.1 Å². The van der Waals surface area contributed by atoms with Crippen molar-refractivity contribution in [2.45, 2.75) is 82.3 Å². The highest BCUT2D eigenvalue weighted by Gasteiger charge is 2.38. The van der Waals surface area contributed by atoms with Crippen LogP contribution in [0.15, 0.2) is 72.8 Å². The molecule has 10 heteroatoms. The smallest absolute Gasteiger partial charge is 0.260 e. The second-order valence-electron chi connectivity index (χ2n) is 13.2. The summed E-state index contributed by atoms with van der Waals surface area (Å²) in [6, 6.07) is 20.3. The number of amides is 3. The molecule has 0 aromatic heterocycles. The predicted octanol–water partition coefficient (Wildman–Crippen LogP) is 5.34. The number of piperidine rings is 1. The molecule has 0 unspecified atom stereocenters. The van der Waals surface area contributed by atoms with Crippen LogP contribution in [0.2, 0.25) is 0 Å². The van der Waals surface area contributed by atoms with E-state index in [4.69, 9.17) is 0 Å². The highest BCUT2D eigenvalue weighted by molar-refractivity contribution is 6.00. The standard InChI is InChI=1S/C38H42F2N4O4/c39-38(40)19-7-20-43(25-38)21-18-32(36(47)41-31-15-14-26-12-6-13-28(26)22-31)42-37(48)33-23-29-10-4-5-11-30(29)24-44(33)35(46)17-16-34(45)27-8-2-1-3-9-27/h1-5,8-11,14-15,22,32-33H,6-7,12-13,16-21,23-25H2,(H,41,47)(H,42,48)/t32-,33-/m0/s1. The van der Waals surface area contributed by atoms with Crippen LogP contribution in [-0.2, 0) is 40.2 Å². The lowest BCUT2D eigenvalue weighted by atomic mass is 9.92. The Labute approximate surface area is 279 Å². The molecule has 0 radical (unpaired) electrons. The third-order valence-corrected chi connectivity index (χ3v) is 9.74. The van der Waals surface area contributed by atoms with Gasteiger partial charge in [0, 0.05) is 50.0 Å². The van der Waals surface area contributed by atoms with E-state index in [2.05, 4.69) is 10.6 Å². The maximum Gasteiger partial charge on any atom is 0.260 e. The molecule has 2 atom stereocenters. The maximum absolute atomic E-state index is 14.2. The summed E-state index contributed by atoms with van der Waals surface area (Å²) in [6.45, 7) is 0.507. The second-order valence-corrected chi connectivity index (χ2v) is 13.2. The summed E-state index contributed by atoms with van der Waals surface area (Å²) in [5.74, 6) is -4.21. The molecule has 3 amide bonds. The van der Waals surface area contributed by atoms with Gasteiger partial charge in [0.1, 0.15) is 12.1 Å². The van der Waals surface area contributed by atoms with E-state index < -0.39 is 29.8 Å². The summed E-state index contributed by atoms with van der Waals surface area (Å²) in [7, 11) is 0. The first-order chi connectivity index (χ1) is 23.1. The number of alkyl halides is 2. The lowest BCUT2D eigenvalue weighted by Gasteiger charge is -2.37. The molecular weight excluding hydrogens is 614 g/mol. The van der Waals surface area contributed by atoms with E-state index in [1.807, 2.05) is 48.5 Å². The van der Waals surface area contributed by atoms with E-state index in [1.54, 1.807) is 29.2 Å². The molecule has 6 rings (SSSR count). The fraction of sp³-hybridized carbons (Fsp3) is 0.421. The Bertz CT molecular complexity index is 1660. The van der Waals surface area contributed by atoms with Gasteiger partial charge in [-0.1, -0.05) is 60.7 Å². The number of rotatable bonds is 11. The predicted molar refractivity (Wildman–Crippen MR) is 179 cm³/mol. The minimum atomic E-state index is -2.79. The topological polar surface area (TPSA) is 98.8 Å². The maximum atomic E-state index is 14.2. The number of fused-ring (bicyclic) bond motifs is 2. The first kappa shape index (κ1) is 33.5. The van der Waals surface area contributed by atoms with Crippen molar-refractivity contribution in [3.8, 4) is 0 Å². The molecule has 2 aliphatic heterocycles. The highest BCUT2D eigenvalue weighted by atomic mass is 19.3. The summed E-state index contributed by atoms with van der Waals surface area (Å²) < 4.78 is 28.4. The monoisotopic (exact) mass is 656 g/mol. The third-order valence-electron chi connectivity index (χ3n) is 9.74. The Morgan fingerprint density at radius 3 is 2.40 bits per heavy atom. The van der Waals surface area contributed by atoms with E-state index in [0.717, 1.165) is 30.4 Å². The number of ketones is 1. The van der Waals surface area contributed by atoms with E-state index >= 15 is 0 Å². The van der Waals surface area contributed by atoms with Crippen molar-refractivity contribution in [2.75, 3.05) is 25.0 Å². The van der Waals surface area contributed by atoms with E-state index in [9.17, 15) is 28.0 Å². The van der Waals surface area contributed by atoms with Crippen LogP contribution in [0.4, 0.5) is 14.5 Å². The van der Waals surface area contributed by atoms with Gasteiger partial charge in [0.05, 0.1) is 6.54 Å². The van der Waals surface area contributed by atoms with Crippen LogP contribution in [0.1, 0.15) is 71.1 Å². The molecule has 0 saturated carbocycles. The fourth-order valence-electron chi connectivity index (χ4n) is 7.12. The first-order valence-corrected chi connectivity index (χ1v) is 16.9. The number of carbonyl (C=O) groups excluding carboxylic acids is 4. The number of nitrogens with one attached hydrogen (secondary N) is 2. The number of aryl methyl sites for hydroxylation is 2. The van der Waals surface area contributed by atoms with Crippen LogP contribution in [0.5, 0.6) is 0 Å². The van der Waals surface area contributed by atoms with Gasteiger partial charge in [0.25, 0.3) is 5.92 Å². The SMILES string of the molecule is O=C(CCC(=O)N1Cc2ccccc2C[C@H]1C(=O)N[C@@H](CCN1CCCC(F)(F)C1)C(=O)Nc1ccc2c(c1)CCC2)c1ccccc1. The van der Waals surface area contributed by atoms with Crippen molar-refractivity contribution in [1.29, 1.82) is 0 Å². The molecule has 0 bridgehead atoms. The van der Waals surface area contributed by atoms with E-state index in [-0.39, 0.29) is 63.4 Å². The number of halogens is 2. The van der Waals surface area contributed by atoms with Crippen LogP contribution < -0.4 is 10.6 Å². The molecule has 3 aliphatic rings. The average molecular weight is 657 g/mol. The van der Waals surface area contributed by atoms with Crippen molar-refractivity contribution in [3.63, 3.8) is 0 Å². The molecule has 3 aromatic rings. The Morgan fingerprint density at radius 2 is 1.60 bits per heavy atom. The zero-order valence-electron chi connectivity index (χ0n) is 27.1. The van der Waals surface area contributed by atoms with Crippen LogP contribution in [0.3, 0.4) is 0 Å². The van der Waals surface area contributed by atoms with Crippen molar-refractivity contribution >= 4 is 29.2 Å². The Hall–Kier alpha value is -4.44. The first-order valence-electron chi connectivity index (χ1n) is 16.9. The van der Waals surface area contributed by atoms with Crippen LogP contribution in [0, 0.1) is 0 Å². The summed E-state index contributed by atoms with van der Waals surface area (Å²) in [6.07, 6.45) is 3.51. The van der Waals surface area contributed by atoms with Gasteiger partial charge < -0.3 is 15.5 Å². The zero-order valence-corrected chi connectivity index (χ0v) is 27.1. The van der Waals surface area contributed by atoms with E-state index in [1.165, 1.54) is 16.0 Å². The highest BCUT2D eigenvalue weighted by Crippen LogP contribution is 2.28. The van der Waals surface area contributed by atoms with Crippen molar-refractivity contribution < 1.29 is 28.0 Å². The number of carbonyl (C=O) groups is 4. The summed E-state index contributed by atoms with van der Waals surface area (Å²) in [5.41, 5.74) is 5.43. The minimum absolute atomic E-state index is 0.00160. The quantitative estimate of drug-likeness (QED) is 0.272. The Morgan fingerprint density at radius 1 is 0.854 bits per heavy atom.